The van der Waals surface area contributed by atoms with Crippen molar-refractivity contribution in [1.29, 1.82) is 0 Å². The van der Waals surface area contributed by atoms with Gasteiger partial charge in [0.05, 0.1) is 11.0 Å². The van der Waals surface area contributed by atoms with E-state index in [-0.39, 0.29) is 30.4 Å². The van der Waals surface area contributed by atoms with Gasteiger partial charge in [0.1, 0.15) is 0 Å². The van der Waals surface area contributed by atoms with Crippen LogP contribution in [0.2, 0.25) is 0 Å². The molecule has 0 aliphatic heterocycles. The molecule has 0 bridgehead atoms. The maximum Gasteiger partial charge on any atom is 0.311 e. The molecule has 6 heteroatoms. The van der Waals surface area contributed by atoms with Gasteiger partial charge in [0.2, 0.25) is 5.75 Å². The van der Waals surface area contributed by atoms with Gasteiger partial charge in [0.15, 0.2) is 0 Å². The third kappa shape index (κ3) is 4.27. The Morgan fingerprint density at radius 3 is 2.50 bits per heavy atom. The number of benzene rings is 3. The Morgan fingerprint density at radius 2 is 1.80 bits per heavy atom. The fourth-order valence-electron chi connectivity index (χ4n) is 4.07. The second-order valence-electron chi connectivity index (χ2n) is 7.73. The summed E-state index contributed by atoms with van der Waals surface area (Å²) in [5.41, 5.74) is 1.98. The van der Waals surface area contributed by atoms with E-state index in [0.717, 1.165) is 42.0 Å². The van der Waals surface area contributed by atoms with Crippen molar-refractivity contribution < 1.29 is 19.6 Å². The van der Waals surface area contributed by atoms with Gasteiger partial charge in [0, 0.05) is 18.1 Å². The predicted octanol–water partition coefficient (Wildman–Crippen LogP) is 5.75. The summed E-state index contributed by atoms with van der Waals surface area (Å²) in [6, 6.07) is 17.1. The number of aliphatic carboxylic acids is 1. The summed E-state index contributed by atoms with van der Waals surface area (Å²) in [5, 5.41) is 23.0. The molecular weight excluding hydrogens is 382 g/mol. The molecule has 0 amide bonds. The molecule has 0 atom stereocenters. The van der Waals surface area contributed by atoms with E-state index in [9.17, 15) is 14.9 Å². The molecule has 0 heterocycles. The fourth-order valence-corrected chi connectivity index (χ4v) is 4.07. The van der Waals surface area contributed by atoms with E-state index in [1.165, 1.54) is 6.07 Å². The van der Waals surface area contributed by atoms with Gasteiger partial charge in [-0.15, -0.1) is 0 Å². The molecule has 0 unspecified atom stereocenters. The monoisotopic (exact) mass is 405 g/mol. The van der Waals surface area contributed by atoms with Crippen molar-refractivity contribution in [3.63, 3.8) is 0 Å². The summed E-state index contributed by atoms with van der Waals surface area (Å²) < 4.78 is 6.19. The van der Waals surface area contributed by atoms with Gasteiger partial charge in [-0.3, -0.25) is 14.9 Å². The minimum Gasteiger partial charge on any atom is -0.483 e. The molecule has 1 saturated carbocycles. The van der Waals surface area contributed by atoms with Gasteiger partial charge < -0.3 is 9.84 Å². The largest absolute Gasteiger partial charge is 0.483 e. The number of nitro benzene ring substituents is 1. The summed E-state index contributed by atoms with van der Waals surface area (Å²) in [6.45, 7) is 0. The zero-order chi connectivity index (χ0) is 21.1. The molecule has 1 N–H and O–H groups in total. The third-order valence-corrected chi connectivity index (χ3v) is 5.60. The fraction of sp³-hybridized carbons (Fsp3) is 0.292. The highest BCUT2D eigenvalue weighted by atomic mass is 16.6. The summed E-state index contributed by atoms with van der Waals surface area (Å²) in [6.07, 6.45) is 3.98. The molecule has 1 fully saturated rings. The Balaban J connectivity index is 1.86. The van der Waals surface area contributed by atoms with Gasteiger partial charge in [-0.1, -0.05) is 36.4 Å². The quantitative estimate of drug-likeness (QED) is 0.399. The first kappa shape index (κ1) is 19.9. The number of aryl methyl sites for hydroxylation is 1. The van der Waals surface area contributed by atoms with E-state index >= 15 is 0 Å². The van der Waals surface area contributed by atoms with E-state index in [0.29, 0.717) is 11.1 Å². The minimum absolute atomic E-state index is 0.0345. The van der Waals surface area contributed by atoms with Gasteiger partial charge in [0.25, 0.3) is 0 Å². The third-order valence-electron chi connectivity index (χ3n) is 5.60. The highest BCUT2D eigenvalue weighted by Crippen LogP contribution is 2.42. The highest BCUT2D eigenvalue weighted by molar-refractivity contribution is 5.89. The van der Waals surface area contributed by atoms with Crippen LogP contribution in [0.1, 0.15) is 37.7 Å². The van der Waals surface area contributed by atoms with Crippen molar-refractivity contribution in [2.24, 2.45) is 0 Å². The van der Waals surface area contributed by atoms with Crippen LogP contribution in [0.5, 0.6) is 5.75 Å². The van der Waals surface area contributed by atoms with Crippen LogP contribution in [0.15, 0.2) is 54.6 Å². The zero-order valence-corrected chi connectivity index (χ0v) is 16.5. The molecule has 30 heavy (non-hydrogen) atoms. The van der Waals surface area contributed by atoms with Crippen LogP contribution in [0.25, 0.3) is 21.9 Å². The zero-order valence-electron chi connectivity index (χ0n) is 16.5. The van der Waals surface area contributed by atoms with Crippen molar-refractivity contribution in [1.82, 2.24) is 0 Å². The molecule has 1 aliphatic carbocycles. The summed E-state index contributed by atoms with van der Waals surface area (Å²) in [7, 11) is 0. The lowest BCUT2D eigenvalue weighted by atomic mass is 9.96. The van der Waals surface area contributed by atoms with E-state index < -0.39 is 10.9 Å². The van der Waals surface area contributed by atoms with Crippen molar-refractivity contribution in [2.75, 3.05) is 0 Å². The Labute approximate surface area is 174 Å². The first-order chi connectivity index (χ1) is 14.5. The molecule has 0 aromatic heterocycles. The van der Waals surface area contributed by atoms with Crippen molar-refractivity contribution >= 4 is 22.4 Å². The van der Waals surface area contributed by atoms with Crippen molar-refractivity contribution in [3.05, 3.63) is 70.3 Å². The van der Waals surface area contributed by atoms with Gasteiger partial charge in [-0.2, -0.15) is 0 Å². The highest BCUT2D eigenvalue weighted by Gasteiger charge is 2.27. The number of carbonyl (C=O) groups is 1. The van der Waals surface area contributed by atoms with E-state index in [1.54, 1.807) is 0 Å². The molecule has 0 radical (unpaired) electrons. The maximum atomic E-state index is 11.9. The molecule has 154 valence electrons. The number of fused-ring (bicyclic) bond motifs is 1. The van der Waals surface area contributed by atoms with Crippen molar-refractivity contribution in [3.8, 4) is 16.9 Å². The number of ether oxygens (including phenoxy) is 1. The smallest absolute Gasteiger partial charge is 0.311 e. The lowest BCUT2D eigenvalue weighted by Gasteiger charge is -2.18. The van der Waals surface area contributed by atoms with Gasteiger partial charge >= 0.3 is 11.7 Å². The molecule has 4 rings (SSSR count). The molecule has 3 aromatic rings. The Kier molecular flexibility index (Phi) is 5.65. The molecular formula is C24H23NO5. The molecule has 6 nitrogen and oxygen atoms in total. The number of nitrogens with zero attached hydrogens (tertiary/aromatic N) is 1. The van der Waals surface area contributed by atoms with Crippen molar-refractivity contribution in [2.45, 2.75) is 44.6 Å². The van der Waals surface area contributed by atoms with Crippen LogP contribution in [-0.4, -0.2) is 22.1 Å². The average molecular weight is 405 g/mol. The second kappa shape index (κ2) is 8.53. The number of carboxylic acids is 1. The Bertz CT molecular complexity index is 1100. The molecule has 0 spiro atoms. The molecule has 1 aliphatic rings. The van der Waals surface area contributed by atoms with Gasteiger partial charge in [-0.25, -0.2) is 0 Å². The maximum absolute atomic E-state index is 11.9. The normalized spacial score (nSPS) is 14.1. The molecule has 0 saturated heterocycles. The first-order valence-corrected chi connectivity index (χ1v) is 10.2. The van der Waals surface area contributed by atoms with E-state index in [2.05, 4.69) is 0 Å². The Hall–Kier alpha value is -3.41. The summed E-state index contributed by atoms with van der Waals surface area (Å²) in [5.74, 6) is -0.655. The van der Waals surface area contributed by atoms with Crippen LogP contribution >= 0.6 is 0 Å². The lowest BCUT2D eigenvalue weighted by Crippen LogP contribution is -2.13. The van der Waals surface area contributed by atoms with Crippen LogP contribution in [-0.2, 0) is 11.2 Å². The predicted molar refractivity (Wildman–Crippen MR) is 115 cm³/mol. The second-order valence-corrected chi connectivity index (χ2v) is 7.73. The SMILES string of the molecule is O=C(O)CCc1cc(-c2ccc3ccccc3c2)c(OC2CCCC2)c([N+](=O)[O-])c1. The Morgan fingerprint density at radius 1 is 1.07 bits per heavy atom. The minimum atomic E-state index is -0.934. The molecule has 3 aromatic carbocycles. The lowest BCUT2D eigenvalue weighted by molar-refractivity contribution is -0.386. The number of hydrogen-bond acceptors (Lipinski definition) is 4. The van der Waals surface area contributed by atoms with Crippen LogP contribution in [0, 0.1) is 10.1 Å². The van der Waals surface area contributed by atoms with Crippen LogP contribution in [0.4, 0.5) is 5.69 Å². The van der Waals surface area contributed by atoms with Gasteiger partial charge in [-0.05, 0) is 66.1 Å². The summed E-state index contributed by atoms with van der Waals surface area (Å²) in [4.78, 5) is 22.5. The standard InChI is InChI=1S/C24H23NO5/c26-23(27)12-9-16-13-21(19-11-10-17-5-1-2-6-18(17)15-19)24(22(14-16)25(28)29)30-20-7-3-4-8-20/h1-2,5-6,10-11,13-15,20H,3-4,7-9,12H2,(H,26,27). The number of carboxylic acid groups (broad SMARTS) is 1. The van der Waals surface area contributed by atoms with Crippen LogP contribution < -0.4 is 4.74 Å². The summed E-state index contributed by atoms with van der Waals surface area (Å²) >= 11 is 0. The van der Waals surface area contributed by atoms with Crippen LogP contribution in [0.3, 0.4) is 0 Å². The number of rotatable bonds is 7. The number of nitro groups is 1. The number of hydrogen-bond donors (Lipinski definition) is 1. The topological polar surface area (TPSA) is 89.7 Å². The first-order valence-electron chi connectivity index (χ1n) is 10.2. The van der Waals surface area contributed by atoms with E-state index in [1.807, 2.05) is 48.5 Å². The van der Waals surface area contributed by atoms with E-state index in [4.69, 9.17) is 9.84 Å². The average Bonchev–Trinajstić information content (AvgIpc) is 3.25.